The lowest BCUT2D eigenvalue weighted by Crippen LogP contribution is -2.26. The van der Waals surface area contributed by atoms with Gasteiger partial charge in [-0.25, -0.2) is 0 Å². The van der Waals surface area contributed by atoms with Crippen molar-refractivity contribution in [2.75, 3.05) is 24.9 Å². The molecule has 5 heteroatoms. The Hall–Kier alpha value is -0.870. The number of hydrogen-bond acceptors (Lipinski definition) is 4. The van der Waals surface area contributed by atoms with Gasteiger partial charge < -0.3 is 10.1 Å². The number of anilines is 1. The molecule has 78 valence electrons. The summed E-state index contributed by atoms with van der Waals surface area (Å²) in [4.78, 5) is 0. The van der Waals surface area contributed by atoms with E-state index in [0.29, 0.717) is 12.5 Å². The van der Waals surface area contributed by atoms with Crippen LogP contribution >= 0.6 is 11.6 Å². The summed E-state index contributed by atoms with van der Waals surface area (Å²) in [6, 6.07) is 3.89. The topological polar surface area (TPSA) is 47.0 Å². The van der Waals surface area contributed by atoms with Crippen molar-refractivity contribution in [3.8, 4) is 0 Å². The van der Waals surface area contributed by atoms with Gasteiger partial charge in [-0.1, -0.05) is 0 Å². The van der Waals surface area contributed by atoms with Gasteiger partial charge in [-0.15, -0.1) is 16.7 Å². The molecule has 0 aliphatic carbocycles. The van der Waals surface area contributed by atoms with Gasteiger partial charge in [-0.05, 0) is 18.6 Å². The van der Waals surface area contributed by atoms with E-state index in [1.165, 1.54) is 0 Å². The minimum atomic E-state index is 0.189. The fourth-order valence-corrected chi connectivity index (χ4v) is 1.38. The van der Waals surface area contributed by atoms with Gasteiger partial charge in [-0.3, -0.25) is 0 Å². The quantitative estimate of drug-likeness (QED) is 0.732. The van der Waals surface area contributed by atoms with Crippen molar-refractivity contribution in [2.45, 2.75) is 12.5 Å². The Kier molecular flexibility index (Phi) is 5.25. The highest BCUT2D eigenvalue weighted by Gasteiger charge is 2.07. The summed E-state index contributed by atoms with van der Waals surface area (Å²) in [6.07, 6.45) is 2.48. The third-order valence-corrected chi connectivity index (χ3v) is 1.97. The first kappa shape index (κ1) is 11.2. The van der Waals surface area contributed by atoms with E-state index >= 15 is 0 Å². The average molecular weight is 216 g/mol. The normalized spacial score (nSPS) is 12.4. The summed E-state index contributed by atoms with van der Waals surface area (Å²) in [5.41, 5.74) is 0. The third kappa shape index (κ3) is 3.89. The maximum atomic E-state index is 5.67. The van der Waals surface area contributed by atoms with Crippen LogP contribution in [0.15, 0.2) is 18.3 Å². The lowest BCUT2D eigenvalue weighted by Gasteiger charge is -2.16. The molecule has 1 aromatic heterocycles. The Labute approximate surface area is 88.6 Å². The van der Waals surface area contributed by atoms with Gasteiger partial charge in [0, 0.05) is 19.2 Å². The smallest absolute Gasteiger partial charge is 0.148 e. The maximum absolute atomic E-state index is 5.67. The van der Waals surface area contributed by atoms with E-state index in [9.17, 15) is 0 Å². The second-order valence-corrected chi connectivity index (χ2v) is 3.26. The third-order valence-electron chi connectivity index (χ3n) is 1.75. The van der Waals surface area contributed by atoms with E-state index in [0.717, 1.165) is 12.2 Å². The molecule has 0 saturated carbocycles. The largest absolute Gasteiger partial charge is 0.383 e. The Morgan fingerprint density at radius 2 is 2.50 bits per heavy atom. The molecule has 0 spiro atoms. The van der Waals surface area contributed by atoms with E-state index in [-0.39, 0.29) is 6.04 Å². The van der Waals surface area contributed by atoms with Crippen LogP contribution in [-0.4, -0.2) is 35.8 Å². The van der Waals surface area contributed by atoms with Crippen molar-refractivity contribution < 1.29 is 4.74 Å². The zero-order chi connectivity index (χ0) is 10.2. The number of methoxy groups -OCH3 is 1. The molecule has 1 unspecified atom stereocenters. The van der Waals surface area contributed by atoms with E-state index in [1.807, 2.05) is 12.1 Å². The molecule has 4 nitrogen and oxygen atoms in total. The van der Waals surface area contributed by atoms with Crippen molar-refractivity contribution in [1.29, 1.82) is 0 Å². The monoisotopic (exact) mass is 215 g/mol. The van der Waals surface area contributed by atoms with Crippen LogP contribution in [0.4, 0.5) is 5.82 Å². The molecule has 1 heterocycles. The number of aromatic nitrogens is 2. The van der Waals surface area contributed by atoms with Gasteiger partial charge in [0.05, 0.1) is 12.6 Å². The van der Waals surface area contributed by atoms with Crippen molar-refractivity contribution in [3.05, 3.63) is 18.3 Å². The number of hydrogen-bond donors (Lipinski definition) is 1. The first-order chi connectivity index (χ1) is 6.86. The molecule has 1 N–H and O–H groups in total. The highest BCUT2D eigenvalue weighted by Crippen LogP contribution is 2.05. The highest BCUT2D eigenvalue weighted by atomic mass is 35.5. The molecule has 0 saturated heterocycles. The summed E-state index contributed by atoms with van der Waals surface area (Å²) in [7, 11) is 1.67. The minimum Gasteiger partial charge on any atom is -0.383 e. The molecule has 1 atom stereocenters. The standard InChI is InChI=1S/C9H14ClN3O/c1-14-7-8(4-5-10)12-9-3-2-6-11-13-9/h2-3,6,8H,4-5,7H2,1H3,(H,12,13). The summed E-state index contributed by atoms with van der Waals surface area (Å²) in [5, 5.41) is 10.9. The summed E-state index contributed by atoms with van der Waals surface area (Å²) < 4.78 is 5.06. The van der Waals surface area contributed by atoms with Crippen molar-refractivity contribution >= 4 is 17.4 Å². The first-order valence-electron chi connectivity index (χ1n) is 4.46. The number of halogens is 1. The molecular formula is C9H14ClN3O. The van der Waals surface area contributed by atoms with Gasteiger partial charge in [0.15, 0.2) is 0 Å². The lowest BCUT2D eigenvalue weighted by molar-refractivity contribution is 0.184. The molecule has 1 rings (SSSR count). The molecule has 0 aliphatic rings. The number of nitrogens with zero attached hydrogens (tertiary/aromatic N) is 2. The van der Waals surface area contributed by atoms with Gasteiger partial charge in [-0.2, -0.15) is 5.10 Å². The number of alkyl halides is 1. The van der Waals surface area contributed by atoms with Crippen LogP contribution in [0.25, 0.3) is 0 Å². The van der Waals surface area contributed by atoms with Crippen LogP contribution in [-0.2, 0) is 4.74 Å². The van der Waals surface area contributed by atoms with Crippen LogP contribution in [0.2, 0.25) is 0 Å². The maximum Gasteiger partial charge on any atom is 0.148 e. The summed E-state index contributed by atoms with van der Waals surface area (Å²) in [6.45, 7) is 0.614. The second-order valence-electron chi connectivity index (χ2n) is 2.88. The SMILES string of the molecule is COCC(CCCl)Nc1cccnn1. The molecule has 0 amide bonds. The number of nitrogens with one attached hydrogen (secondary N) is 1. The van der Waals surface area contributed by atoms with Gasteiger partial charge in [0.25, 0.3) is 0 Å². The number of ether oxygens (including phenoxy) is 1. The molecule has 1 aromatic rings. The van der Waals surface area contributed by atoms with E-state index in [1.54, 1.807) is 13.3 Å². The Balaban J connectivity index is 2.46. The van der Waals surface area contributed by atoms with Crippen molar-refractivity contribution in [2.24, 2.45) is 0 Å². The van der Waals surface area contributed by atoms with Gasteiger partial charge in [0.1, 0.15) is 5.82 Å². The van der Waals surface area contributed by atoms with E-state index in [4.69, 9.17) is 16.3 Å². The first-order valence-corrected chi connectivity index (χ1v) is 4.99. The fourth-order valence-electron chi connectivity index (χ4n) is 1.12. The van der Waals surface area contributed by atoms with Crippen LogP contribution in [0, 0.1) is 0 Å². The van der Waals surface area contributed by atoms with E-state index < -0.39 is 0 Å². The Morgan fingerprint density at radius 3 is 3.07 bits per heavy atom. The Morgan fingerprint density at radius 1 is 1.64 bits per heavy atom. The predicted molar refractivity (Wildman–Crippen MR) is 56.7 cm³/mol. The van der Waals surface area contributed by atoms with Crippen LogP contribution in [0.1, 0.15) is 6.42 Å². The molecule has 0 radical (unpaired) electrons. The van der Waals surface area contributed by atoms with Gasteiger partial charge in [0.2, 0.25) is 0 Å². The summed E-state index contributed by atoms with van der Waals surface area (Å²) in [5.74, 6) is 1.35. The zero-order valence-electron chi connectivity index (χ0n) is 8.11. The van der Waals surface area contributed by atoms with Crippen LogP contribution < -0.4 is 5.32 Å². The van der Waals surface area contributed by atoms with E-state index in [2.05, 4.69) is 15.5 Å². The van der Waals surface area contributed by atoms with Crippen LogP contribution in [0.5, 0.6) is 0 Å². The molecular weight excluding hydrogens is 202 g/mol. The fraction of sp³-hybridized carbons (Fsp3) is 0.556. The van der Waals surface area contributed by atoms with Gasteiger partial charge >= 0.3 is 0 Å². The minimum absolute atomic E-state index is 0.189. The van der Waals surface area contributed by atoms with Crippen LogP contribution in [0.3, 0.4) is 0 Å². The second kappa shape index (κ2) is 6.56. The Bertz CT molecular complexity index is 239. The average Bonchev–Trinajstić information content (AvgIpc) is 2.20. The predicted octanol–water partition coefficient (Wildman–Crippen LogP) is 1.53. The lowest BCUT2D eigenvalue weighted by atomic mass is 10.2. The molecule has 0 aromatic carbocycles. The molecule has 0 aliphatic heterocycles. The zero-order valence-corrected chi connectivity index (χ0v) is 8.87. The molecule has 0 bridgehead atoms. The number of rotatable bonds is 6. The molecule has 14 heavy (non-hydrogen) atoms. The molecule has 0 fully saturated rings. The summed E-state index contributed by atoms with van der Waals surface area (Å²) >= 11 is 5.67. The highest BCUT2D eigenvalue weighted by molar-refractivity contribution is 6.17. The van der Waals surface area contributed by atoms with Crippen molar-refractivity contribution in [3.63, 3.8) is 0 Å². The van der Waals surface area contributed by atoms with Crippen molar-refractivity contribution in [1.82, 2.24) is 10.2 Å².